The number of rotatable bonds is 7. The number of anilines is 1. The quantitative estimate of drug-likeness (QED) is 0.462. The van der Waals surface area contributed by atoms with Crippen LogP contribution in [0.15, 0.2) is 66.9 Å². The Balaban J connectivity index is 1.42. The maximum atomic E-state index is 14.9. The van der Waals surface area contributed by atoms with Gasteiger partial charge < -0.3 is 16.0 Å². The molecule has 2 aromatic heterocycles. The summed E-state index contributed by atoms with van der Waals surface area (Å²) in [6.45, 7) is 0. The molecule has 0 spiro atoms. The number of pyridine rings is 1. The van der Waals surface area contributed by atoms with Crippen LogP contribution in [-0.2, 0) is 11.0 Å². The van der Waals surface area contributed by atoms with E-state index in [1.165, 1.54) is 6.20 Å². The molecule has 7 nitrogen and oxygen atoms in total. The van der Waals surface area contributed by atoms with Crippen LogP contribution in [0.3, 0.4) is 0 Å². The van der Waals surface area contributed by atoms with E-state index in [4.69, 9.17) is 5.73 Å². The van der Waals surface area contributed by atoms with Gasteiger partial charge in [0, 0.05) is 42.8 Å². The highest BCUT2D eigenvalue weighted by atomic mass is 19.4. The van der Waals surface area contributed by atoms with Crippen molar-refractivity contribution >= 4 is 17.3 Å². The zero-order valence-electron chi connectivity index (χ0n) is 18.6. The Bertz CT molecular complexity index is 1370. The van der Waals surface area contributed by atoms with Crippen molar-refractivity contribution in [3.8, 4) is 5.69 Å². The molecule has 0 atom stereocenters. The molecule has 0 aliphatic heterocycles. The minimum Gasteiger partial charge on any atom is -0.403 e. The average molecular weight is 502 g/mol. The Hall–Kier alpha value is -4.22. The van der Waals surface area contributed by atoms with Crippen LogP contribution in [0.5, 0.6) is 0 Å². The summed E-state index contributed by atoms with van der Waals surface area (Å²) in [4.78, 5) is 19.4. The van der Waals surface area contributed by atoms with E-state index in [1.807, 2.05) is 6.08 Å². The van der Waals surface area contributed by atoms with Gasteiger partial charge in [-0.2, -0.15) is 18.3 Å². The second-order valence-electron chi connectivity index (χ2n) is 8.44. The Morgan fingerprint density at radius 3 is 2.39 bits per heavy atom. The molecule has 2 heterocycles. The number of benzene rings is 1. The maximum Gasteiger partial charge on any atom is 0.419 e. The van der Waals surface area contributed by atoms with Crippen molar-refractivity contribution in [3.05, 3.63) is 89.8 Å². The molecular weight excluding hydrogens is 483 g/mol. The van der Waals surface area contributed by atoms with Crippen LogP contribution in [0.1, 0.15) is 30.5 Å². The molecular formula is C24H19F5N6O. The Kier molecular flexibility index (Phi) is 5.53. The first kappa shape index (κ1) is 23.5. The van der Waals surface area contributed by atoms with Crippen LogP contribution in [0.4, 0.5) is 27.6 Å². The van der Waals surface area contributed by atoms with Crippen molar-refractivity contribution < 1.29 is 26.7 Å². The number of hydrogen-bond acceptors (Lipinski definition) is 5. The summed E-state index contributed by atoms with van der Waals surface area (Å²) in [6.07, 6.45) is 2.78. The Morgan fingerprint density at radius 2 is 1.89 bits per heavy atom. The topological polar surface area (TPSA) is 89.1 Å². The van der Waals surface area contributed by atoms with Crippen LogP contribution in [0, 0.1) is 11.6 Å². The second kappa shape index (κ2) is 8.47. The number of amides is 1. The van der Waals surface area contributed by atoms with Crippen LogP contribution in [0.25, 0.3) is 11.4 Å². The van der Waals surface area contributed by atoms with E-state index in [1.54, 1.807) is 29.3 Å². The van der Waals surface area contributed by atoms with Gasteiger partial charge in [0.1, 0.15) is 11.2 Å². The van der Waals surface area contributed by atoms with Crippen molar-refractivity contribution in [2.75, 3.05) is 5.32 Å². The number of alkyl halides is 3. The summed E-state index contributed by atoms with van der Waals surface area (Å²) in [7, 11) is 0. The number of carbonyl (C=O) groups is 1. The summed E-state index contributed by atoms with van der Waals surface area (Å²) in [5.74, 6) is -2.96. The van der Waals surface area contributed by atoms with Crippen molar-refractivity contribution in [1.29, 1.82) is 0 Å². The molecule has 1 fully saturated rings. The second-order valence-corrected chi connectivity index (χ2v) is 8.44. The summed E-state index contributed by atoms with van der Waals surface area (Å²) in [5.41, 5.74) is 4.59. The molecule has 3 aromatic rings. The molecule has 186 valence electrons. The number of nitrogens with one attached hydrogen (secondary N) is 1. The molecule has 2 aliphatic rings. The van der Waals surface area contributed by atoms with E-state index in [2.05, 4.69) is 15.4 Å². The van der Waals surface area contributed by atoms with Gasteiger partial charge in [-0.15, -0.1) is 0 Å². The van der Waals surface area contributed by atoms with E-state index in [9.17, 15) is 26.7 Å². The van der Waals surface area contributed by atoms with Crippen LogP contribution < -0.4 is 11.1 Å². The fourth-order valence-corrected chi connectivity index (χ4v) is 4.00. The van der Waals surface area contributed by atoms with Gasteiger partial charge in [-0.3, -0.25) is 9.78 Å². The number of carbonyl (C=O) groups excluding carboxylic acids is 1. The van der Waals surface area contributed by atoms with Crippen molar-refractivity contribution in [3.63, 3.8) is 0 Å². The number of aromatic nitrogens is 3. The lowest BCUT2D eigenvalue weighted by Gasteiger charge is -2.33. The highest BCUT2D eigenvalue weighted by Gasteiger charge is 2.57. The molecule has 1 amide bonds. The highest BCUT2D eigenvalue weighted by molar-refractivity contribution is 6.02. The number of nitrogens with two attached hydrogens (primary N) is 1. The molecule has 1 aromatic carbocycles. The molecule has 2 aliphatic carbocycles. The van der Waals surface area contributed by atoms with Gasteiger partial charge >= 0.3 is 6.18 Å². The Labute approximate surface area is 201 Å². The van der Waals surface area contributed by atoms with Crippen molar-refractivity contribution in [2.24, 2.45) is 5.73 Å². The number of allylic oxidation sites excluding steroid dienone is 2. The minimum atomic E-state index is -4.66. The summed E-state index contributed by atoms with van der Waals surface area (Å²) >= 11 is 0. The van der Waals surface area contributed by atoms with Gasteiger partial charge in [0.25, 0.3) is 5.91 Å². The normalized spacial score (nSPS) is 16.4. The third-order valence-electron chi connectivity index (χ3n) is 6.01. The van der Waals surface area contributed by atoms with E-state index >= 15 is 0 Å². The SMILES string of the molecule is N/C=C(/c1ccccn1)N(C1=CC1)C1(C(=O)Nc2c(F)cc(-n3cc(C(F)(F)F)cn3)cc2F)CC1. The standard InChI is InChI=1S/C24H19F5N6O/c25-17-9-16(34-13-14(12-32-34)24(27,28)29)10-18(26)21(17)33-22(36)23(6-7-23)35(15-4-5-15)20(11-30)19-3-1-2-8-31-19/h1-4,8-13H,5-7,30H2,(H,33,36)/b20-11-. The zero-order chi connectivity index (χ0) is 25.7. The largest absolute Gasteiger partial charge is 0.419 e. The fraction of sp³-hybridized carbons (Fsp3) is 0.208. The lowest BCUT2D eigenvalue weighted by atomic mass is 10.1. The van der Waals surface area contributed by atoms with Gasteiger partial charge in [-0.05, 0) is 25.0 Å². The van der Waals surface area contributed by atoms with Crippen molar-refractivity contribution in [2.45, 2.75) is 31.0 Å². The molecule has 12 heteroatoms. The molecule has 5 rings (SSSR count). The molecule has 0 bridgehead atoms. The molecule has 0 saturated heterocycles. The number of hydrogen-bond donors (Lipinski definition) is 2. The van der Waals surface area contributed by atoms with E-state index in [0.29, 0.717) is 47.7 Å². The average Bonchev–Trinajstić information content (AvgIpc) is 3.77. The van der Waals surface area contributed by atoms with E-state index in [0.717, 1.165) is 17.8 Å². The molecule has 0 radical (unpaired) electrons. The monoisotopic (exact) mass is 502 g/mol. The van der Waals surface area contributed by atoms with Gasteiger partial charge in [0.2, 0.25) is 0 Å². The van der Waals surface area contributed by atoms with Gasteiger partial charge in [-0.25, -0.2) is 13.5 Å². The maximum absolute atomic E-state index is 14.9. The first-order chi connectivity index (χ1) is 17.1. The molecule has 36 heavy (non-hydrogen) atoms. The molecule has 1 saturated carbocycles. The molecule has 0 unspecified atom stereocenters. The lowest BCUT2D eigenvalue weighted by molar-refractivity contribution is -0.137. The Morgan fingerprint density at radius 1 is 1.19 bits per heavy atom. The lowest BCUT2D eigenvalue weighted by Crippen LogP contribution is -2.44. The first-order valence-electron chi connectivity index (χ1n) is 10.9. The van der Waals surface area contributed by atoms with Gasteiger partial charge in [0.05, 0.1) is 28.8 Å². The van der Waals surface area contributed by atoms with Crippen LogP contribution >= 0.6 is 0 Å². The predicted octanol–water partition coefficient (Wildman–Crippen LogP) is 4.58. The van der Waals surface area contributed by atoms with Crippen molar-refractivity contribution in [1.82, 2.24) is 19.7 Å². The number of nitrogens with zero attached hydrogens (tertiary/aromatic N) is 4. The fourth-order valence-electron chi connectivity index (χ4n) is 4.00. The summed E-state index contributed by atoms with van der Waals surface area (Å²) < 4.78 is 69.0. The third kappa shape index (κ3) is 4.18. The van der Waals surface area contributed by atoms with Crippen LogP contribution in [0.2, 0.25) is 0 Å². The summed E-state index contributed by atoms with van der Waals surface area (Å²) in [5, 5.41) is 5.85. The minimum absolute atomic E-state index is 0.270. The van der Waals surface area contributed by atoms with E-state index in [-0.39, 0.29) is 5.69 Å². The third-order valence-corrected chi connectivity index (χ3v) is 6.01. The smallest absolute Gasteiger partial charge is 0.403 e. The molecule has 3 N–H and O–H groups in total. The van der Waals surface area contributed by atoms with Crippen LogP contribution in [-0.4, -0.2) is 31.1 Å². The first-order valence-corrected chi connectivity index (χ1v) is 10.9. The van der Waals surface area contributed by atoms with E-state index < -0.39 is 40.5 Å². The van der Waals surface area contributed by atoms with Gasteiger partial charge in [-0.1, -0.05) is 12.1 Å². The van der Waals surface area contributed by atoms with Gasteiger partial charge in [0.15, 0.2) is 11.6 Å². The zero-order valence-corrected chi connectivity index (χ0v) is 18.6. The summed E-state index contributed by atoms with van der Waals surface area (Å²) in [6, 6.07) is 6.84. The predicted molar refractivity (Wildman–Crippen MR) is 120 cm³/mol. The number of halogens is 5. The highest BCUT2D eigenvalue weighted by Crippen LogP contribution is 2.51.